The summed E-state index contributed by atoms with van der Waals surface area (Å²) >= 11 is 0. The van der Waals surface area contributed by atoms with Crippen molar-refractivity contribution in [3.05, 3.63) is 52.3 Å². The number of nitrogens with one attached hydrogen (secondary N) is 1. The molecule has 1 aliphatic carbocycles. The van der Waals surface area contributed by atoms with Crippen LogP contribution in [-0.2, 0) is 6.54 Å². The fourth-order valence-corrected chi connectivity index (χ4v) is 3.81. The number of carbonyl (C=O) groups excluding carboxylic acids is 2. The molecule has 3 rings (SSSR count). The Kier molecular flexibility index (Phi) is 5.51. The lowest BCUT2D eigenvalue weighted by atomic mass is 10.0. The number of nitrogens with zero attached hydrogens (tertiary/aromatic N) is 1. The molecule has 1 aromatic carbocycles. The van der Waals surface area contributed by atoms with Crippen molar-refractivity contribution in [3.8, 4) is 5.75 Å². The second kappa shape index (κ2) is 7.69. The molecule has 0 spiro atoms. The number of H-pyrrole nitrogens is 1. The van der Waals surface area contributed by atoms with E-state index >= 15 is 0 Å². The molecule has 2 aromatic rings. The molecule has 1 aromatic heterocycles. The molecular weight excluding hydrogens is 340 g/mol. The van der Waals surface area contributed by atoms with Crippen molar-refractivity contribution in [2.75, 3.05) is 7.11 Å². The van der Waals surface area contributed by atoms with Gasteiger partial charge in [-0.15, -0.1) is 0 Å². The van der Waals surface area contributed by atoms with Crippen LogP contribution in [-0.4, -0.2) is 40.6 Å². The van der Waals surface area contributed by atoms with Crippen LogP contribution >= 0.6 is 0 Å². The molecule has 1 saturated carbocycles. The zero-order valence-corrected chi connectivity index (χ0v) is 16.8. The number of methoxy groups -OCH3 is 1. The third kappa shape index (κ3) is 3.98. The van der Waals surface area contributed by atoms with Crippen molar-refractivity contribution in [3.63, 3.8) is 0 Å². The first-order valence-electron chi connectivity index (χ1n) is 9.46. The van der Waals surface area contributed by atoms with Gasteiger partial charge in [0, 0.05) is 23.8 Å². The molecule has 5 nitrogen and oxygen atoms in total. The number of hydrogen-bond acceptors (Lipinski definition) is 4. The summed E-state index contributed by atoms with van der Waals surface area (Å²) in [7, 11) is 1.65. The number of rotatable bonds is 8. The van der Waals surface area contributed by atoms with E-state index in [1.165, 1.54) is 0 Å². The molecule has 0 aliphatic heterocycles. The minimum atomic E-state index is -0.254. The molecule has 1 N–H and O–H groups in total. The van der Waals surface area contributed by atoms with Gasteiger partial charge in [-0.2, -0.15) is 0 Å². The Morgan fingerprint density at radius 1 is 1.22 bits per heavy atom. The van der Waals surface area contributed by atoms with Gasteiger partial charge in [-0.1, -0.05) is 12.1 Å². The first kappa shape index (κ1) is 19.4. The van der Waals surface area contributed by atoms with Crippen LogP contribution in [0.25, 0.3) is 0 Å². The van der Waals surface area contributed by atoms with Crippen molar-refractivity contribution in [2.24, 2.45) is 0 Å². The average molecular weight is 368 g/mol. The summed E-state index contributed by atoms with van der Waals surface area (Å²) in [4.78, 5) is 30.5. The standard InChI is InChI=1S/C22H28N2O3/c1-13-20(16(4)25)14(2)23-21(13)22(26)15(3)24(18-8-9-18)12-17-6-10-19(27-5)11-7-17/h6-7,10-11,15,18,23H,8-9,12H2,1-5H3/t15-/m0/s1. The van der Waals surface area contributed by atoms with Crippen LogP contribution in [0.15, 0.2) is 24.3 Å². The number of carbonyl (C=O) groups is 2. The number of hydrogen-bond donors (Lipinski definition) is 1. The maximum Gasteiger partial charge on any atom is 0.196 e. The summed E-state index contributed by atoms with van der Waals surface area (Å²) in [5.41, 5.74) is 3.89. The Morgan fingerprint density at radius 2 is 1.85 bits per heavy atom. The number of ketones is 2. The number of Topliss-reactive ketones (excluding diaryl/α,β-unsaturated/α-hetero) is 2. The second-order valence-electron chi connectivity index (χ2n) is 7.47. The molecule has 0 bridgehead atoms. The Labute approximate surface area is 160 Å². The Hall–Kier alpha value is -2.40. The number of ether oxygens (including phenoxy) is 1. The fraction of sp³-hybridized carbons (Fsp3) is 0.455. The van der Waals surface area contributed by atoms with Gasteiger partial charge in [-0.3, -0.25) is 14.5 Å². The minimum Gasteiger partial charge on any atom is -0.497 e. The van der Waals surface area contributed by atoms with Crippen LogP contribution in [0.4, 0.5) is 0 Å². The van der Waals surface area contributed by atoms with Gasteiger partial charge in [-0.25, -0.2) is 0 Å². The highest BCUT2D eigenvalue weighted by atomic mass is 16.5. The molecule has 0 amide bonds. The molecule has 144 valence electrons. The van der Waals surface area contributed by atoms with Gasteiger partial charge in [0.2, 0.25) is 0 Å². The number of aromatic nitrogens is 1. The Balaban J connectivity index is 1.82. The molecule has 1 fully saturated rings. The molecule has 1 aliphatic rings. The number of benzene rings is 1. The molecule has 1 atom stereocenters. The smallest absolute Gasteiger partial charge is 0.196 e. The lowest BCUT2D eigenvalue weighted by molar-refractivity contribution is 0.0809. The second-order valence-corrected chi connectivity index (χ2v) is 7.47. The van der Waals surface area contributed by atoms with E-state index in [0.29, 0.717) is 17.3 Å². The van der Waals surface area contributed by atoms with Crippen molar-refractivity contribution >= 4 is 11.6 Å². The number of aryl methyl sites for hydroxylation is 1. The summed E-state index contributed by atoms with van der Waals surface area (Å²) in [6.07, 6.45) is 2.24. The molecular formula is C22H28N2O3. The monoisotopic (exact) mass is 368 g/mol. The highest BCUT2D eigenvalue weighted by molar-refractivity contribution is 6.05. The van der Waals surface area contributed by atoms with Crippen molar-refractivity contribution < 1.29 is 14.3 Å². The van der Waals surface area contributed by atoms with Crippen LogP contribution in [0, 0.1) is 13.8 Å². The third-order valence-electron chi connectivity index (χ3n) is 5.45. The molecule has 0 saturated heterocycles. The van der Waals surface area contributed by atoms with Crippen molar-refractivity contribution in [1.82, 2.24) is 9.88 Å². The highest BCUT2D eigenvalue weighted by Crippen LogP contribution is 2.32. The molecule has 0 radical (unpaired) electrons. The van der Waals surface area contributed by atoms with Crippen LogP contribution in [0.2, 0.25) is 0 Å². The van der Waals surface area contributed by atoms with Gasteiger partial charge < -0.3 is 9.72 Å². The van der Waals surface area contributed by atoms with E-state index in [2.05, 4.69) is 9.88 Å². The summed E-state index contributed by atoms with van der Waals surface area (Å²) in [5, 5.41) is 0. The Bertz CT molecular complexity index is 847. The van der Waals surface area contributed by atoms with Gasteiger partial charge in [0.05, 0.1) is 18.8 Å². The normalized spacial score (nSPS) is 15.0. The molecule has 0 unspecified atom stereocenters. The largest absolute Gasteiger partial charge is 0.497 e. The van der Waals surface area contributed by atoms with Gasteiger partial charge in [0.15, 0.2) is 11.6 Å². The minimum absolute atomic E-state index is 0.00904. The zero-order chi connectivity index (χ0) is 19.7. The summed E-state index contributed by atoms with van der Waals surface area (Å²) in [6.45, 7) is 7.93. The van der Waals surface area contributed by atoms with E-state index in [1.54, 1.807) is 14.0 Å². The van der Waals surface area contributed by atoms with Crippen LogP contribution in [0.5, 0.6) is 5.75 Å². The van der Waals surface area contributed by atoms with Gasteiger partial charge in [-0.05, 0) is 63.8 Å². The molecule has 1 heterocycles. The maximum atomic E-state index is 13.2. The van der Waals surface area contributed by atoms with E-state index < -0.39 is 0 Å². The Morgan fingerprint density at radius 3 is 2.33 bits per heavy atom. The SMILES string of the molecule is COc1ccc(CN(C2CC2)[C@@H](C)C(=O)c2[nH]c(C)c(C(C)=O)c2C)cc1. The van der Waals surface area contributed by atoms with Gasteiger partial charge >= 0.3 is 0 Å². The lowest BCUT2D eigenvalue weighted by Crippen LogP contribution is -2.40. The van der Waals surface area contributed by atoms with Crippen LogP contribution < -0.4 is 4.74 Å². The fourth-order valence-electron chi connectivity index (χ4n) is 3.81. The third-order valence-corrected chi connectivity index (χ3v) is 5.45. The lowest BCUT2D eigenvalue weighted by Gasteiger charge is -2.28. The predicted molar refractivity (Wildman–Crippen MR) is 106 cm³/mol. The van der Waals surface area contributed by atoms with E-state index in [-0.39, 0.29) is 17.6 Å². The van der Waals surface area contributed by atoms with E-state index in [9.17, 15) is 9.59 Å². The van der Waals surface area contributed by atoms with Crippen molar-refractivity contribution in [2.45, 2.75) is 59.2 Å². The topological polar surface area (TPSA) is 62.4 Å². The molecule has 5 heteroatoms. The van der Waals surface area contributed by atoms with Crippen molar-refractivity contribution in [1.29, 1.82) is 0 Å². The summed E-state index contributed by atoms with van der Waals surface area (Å²) in [6, 6.07) is 8.17. The zero-order valence-electron chi connectivity index (χ0n) is 16.8. The average Bonchev–Trinajstić information content (AvgIpc) is 3.43. The quantitative estimate of drug-likeness (QED) is 0.713. The van der Waals surface area contributed by atoms with E-state index in [1.807, 2.05) is 45.0 Å². The van der Waals surface area contributed by atoms with Crippen LogP contribution in [0.3, 0.4) is 0 Å². The summed E-state index contributed by atoms with van der Waals surface area (Å²) < 4.78 is 5.22. The van der Waals surface area contributed by atoms with Crippen LogP contribution in [0.1, 0.15) is 64.4 Å². The summed E-state index contributed by atoms with van der Waals surface area (Å²) in [5.74, 6) is 0.865. The predicted octanol–water partition coefficient (Wildman–Crippen LogP) is 4.08. The van der Waals surface area contributed by atoms with Gasteiger partial charge in [0.25, 0.3) is 0 Å². The first-order chi connectivity index (χ1) is 12.8. The maximum absolute atomic E-state index is 13.2. The van der Waals surface area contributed by atoms with Gasteiger partial charge in [0.1, 0.15) is 5.75 Å². The highest BCUT2D eigenvalue weighted by Gasteiger charge is 2.36. The van der Waals surface area contributed by atoms with E-state index in [0.717, 1.165) is 42.0 Å². The first-order valence-corrected chi connectivity index (χ1v) is 9.46. The number of aromatic amines is 1. The molecule has 27 heavy (non-hydrogen) atoms. The van der Waals surface area contributed by atoms with E-state index in [4.69, 9.17) is 4.74 Å².